The smallest absolute Gasteiger partial charge is 0.341 e. The van der Waals surface area contributed by atoms with Crippen LogP contribution in [0.1, 0.15) is 55.4 Å². The van der Waals surface area contributed by atoms with Crippen molar-refractivity contribution in [2.24, 2.45) is 0 Å². The molecule has 0 spiro atoms. The van der Waals surface area contributed by atoms with E-state index in [9.17, 15) is 40.3 Å². The number of carbonyl (C=O) groups excluding carboxylic acids is 2. The molecule has 0 aromatic heterocycles. The number of hydrogen-bond acceptors (Lipinski definition) is 2. The minimum absolute atomic E-state index is 0.0116. The van der Waals surface area contributed by atoms with E-state index in [0.717, 1.165) is 18.2 Å². The Morgan fingerprint density at radius 3 is 2.38 bits per heavy atom. The van der Waals surface area contributed by atoms with Gasteiger partial charge in [0.15, 0.2) is 0 Å². The number of rotatable bonds is 4. The van der Waals surface area contributed by atoms with Crippen molar-refractivity contribution in [3.8, 4) is 0 Å². The SMILES string of the molecule is O=C(Nc1cccc2c1[C@@H](c1cc(F)ccc1C(F)F)NC2=O)c1cc(F)cc(C(F)(F)F)c1. The molecule has 0 saturated carbocycles. The highest BCUT2D eigenvalue weighted by Gasteiger charge is 2.36. The van der Waals surface area contributed by atoms with Gasteiger partial charge in [0.2, 0.25) is 0 Å². The zero-order valence-electron chi connectivity index (χ0n) is 16.8. The van der Waals surface area contributed by atoms with Crippen LogP contribution in [0.4, 0.5) is 36.4 Å². The topological polar surface area (TPSA) is 58.2 Å². The number of amides is 2. The third-order valence-electron chi connectivity index (χ3n) is 5.25. The Kier molecular flexibility index (Phi) is 5.80. The van der Waals surface area contributed by atoms with Crippen molar-refractivity contribution in [2.45, 2.75) is 18.6 Å². The Bertz CT molecular complexity index is 1300. The number of anilines is 1. The number of benzene rings is 3. The predicted octanol–water partition coefficient (Wildman–Crippen LogP) is 6.01. The highest BCUT2D eigenvalue weighted by atomic mass is 19.4. The Morgan fingerprint density at radius 1 is 0.971 bits per heavy atom. The number of carbonyl (C=O) groups is 2. The third-order valence-corrected chi connectivity index (χ3v) is 5.25. The Morgan fingerprint density at radius 2 is 1.71 bits per heavy atom. The van der Waals surface area contributed by atoms with E-state index in [0.29, 0.717) is 12.1 Å². The summed E-state index contributed by atoms with van der Waals surface area (Å²) in [6.07, 6.45) is -7.92. The van der Waals surface area contributed by atoms with Crippen LogP contribution in [0.5, 0.6) is 0 Å². The summed E-state index contributed by atoms with van der Waals surface area (Å²) in [4.78, 5) is 25.1. The van der Waals surface area contributed by atoms with Gasteiger partial charge >= 0.3 is 6.18 Å². The van der Waals surface area contributed by atoms with E-state index in [-0.39, 0.29) is 28.4 Å². The van der Waals surface area contributed by atoms with Gasteiger partial charge in [0.1, 0.15) is 11.6 Å². The number of fused-ring (bicyclic) bond motifs is 1. The summed E-state index contributed by atoms with van der Waals surface area (Å²) in [7, 11) is 0. The van der Waals surface area contributed by atoms with Crippen LogP contribution in [0.3, 0.4) is 0 Å². The van der Waals surface area contributed by atoms with E-state index >= 15 is 0 Å². The van der Waals surface area contributed by atoms with Gasteiger partial charge in [-0.25, -0.2) is 17.6 Å². The second-order valence-electron chi connectivity index (χ2n) is 7.43. The van der Waals surface area contributed by atoms with Crippen LogP contribution in [0.25, 0.3) is 0 Å². The number of nitrogens with one attached hydrogen (secondary N) is 2. The average molecular weight is 482 g/mol. The molecule has 4 nitrogen and oxygen atoms in total. The first kappa shape index (κ1) is 23.3. The molecule has 0 bridgehead atoms. The predicted molar refractivity (Wildman–Crippen MR) is 106 cm³/mol. The first-order valence-corrected chi connectivity index (χ1v) is 9.66. The van der Waals surface area contributed by atoms with Crippen LogP contribution in [0, 0.1) is 11.6 Å². The van der Waals surface area contributed by atoms with Crippen LogP contribution in [0.2, 0.25) is 0 Å². The number of hydrogen-bond donors (Lipinski definition) is 2. The van der Waals surface area contributed by atoms with Gasteiger partial charge in [0.05, 0.1) is 11.6 Å². The van der Waals surface area contributed by atoms with Gasteiger partial charge in [0.25, 0.3) is 18.2 Å². The zero-order valence-corrected chi connectivity index (χ0v) is 16.8. The molecule has 0 unspecified atom stereocenters. The van der Waals surface area contributed by atoms with Crippen molar-refractivity contribution in [1.82, 2.24) is 5.32 Å². The molecule has 3 aromatic rings. The molecule has 2 amide bonds. The molecule has 1 heterocycles. The molecule has 34 heavy (non-hydrogen) atoms. The fourth-order valence-corrected chi connectivity index (χ4v) is 3.77. The fourth-order valence-electron chi connectivity index (χ4n) is 3.77. The van der Waals surface area contributed by atoms with Gasteiger partial charge in [-0.15, -0.1) is 0 Å². The van der Waals surface area contributed by atoms with Crippen LogP contribution >= 0.6 is 0 Å². The van der Waals surface area contributed by atoms with E-state index in [1.165, 1.54) is 18.2 Å². The van der Waals surface area contributed by atoms with Gasteiger partial charge in [-0.1, -0.05) is 12.1 Å². The molecule has 3 aromatic carbocycles. The normalized spacial score (nSPS) is 15.3. The minimum Gasteiger partial charge on any atom is -0.341 e. The van der Waals surface area contributed by atoms with Gasteiger partial charge in [-0.2, -0.15) is 13.2 Å². The molecule has 176 valence electrons. The monoisotopic (exact) mass is 482 g/mol. The molecule has 0 aliphatic carbocycles. The lowest BCUT2D eigenvalue weighted by Crippen LogP contribution is -2.22. The molecule has 2 N–H and O–H groups in total. The second-order valence-corrected chi connectivity index (χ2v) is 7.43. The lowest BCUT2D eigenvalue weighted by molar-refractivity contribution is -0.137. The standard InChI is InChI=1S/C23H13F7N2O2/c24-12-4-5-14(20(26)27)16(9-12)19-18-15(22(34)32-19)2-1-3-17(18)31-21(33)10-6-11(23(28,29)30)8-13(25)7-10/h1-9,19-20H,(H,31,33)(H,32,34)/t19-/m1/s1. The molecule has 1 atom stereocenters. The van der Waals surface area contributed by atoms with Crippen molar-refractivity contribution < 1.29 is 40.3 Å². The van der Waals surface area contributed by atoms with Crippen molar-refractivity contribution in [1.29, 1.82) is 0 Å². The largest absolute Gasteiger partial charge is 0.416 e. The molecule has 0 radical (unpaired) electrons. The molecule has 11 heteroatoms. The third kappa shape index (κ3) is 4.33. The summed E-state index contributed by atoms with van der Waals surface area (Å²) in [6.45, 7) is 0. The number of alkyl halides is 5. The Hall–Kier alpha value is -3.89. The molecule has 0 saturated heterocycles. The van der Waals surface area contributed by atoms with Crippen molar-refractivity contribution in [3.63, 3.8) is 0 Å². The Balaban J connectivity index is 1.77. The molecule has 1 aliphatic rings. The summed E-state index contributed by atoms with van der Waals surface area (Å²) in [5.74, 6) is -3.96. The molecule has 1 aliphatic heterocycles. The minimum atomic E-state index is -4.91. The average Bonchev–Trinajstić information content (AvgIpc) is 3.10. The number of halogens is 7. The maximum atomic E-state index is 13.9. The van der Waals surface area contributed by atoms with Gasteiger partial charge in [0, 0.05) is 27.9 Å². The summed E-state index contributed by atoms with van der Waals surface area (Å²) >= 11 is 0. The van der Waals surface area contributed by atoms with E-state index in [1.54, 1.807) is 0 Å². The lowest BCUT2D eigenvalue weighted by atomic mass is 9.93. The van der Waals surface area contributed by atoms with E-state index in [1.807, 2.05) is 0 Å². The maximum Gasteiger partial charge on any atom is 0.416 e. The summed E-state index contributed by atoms with van der Waals surface area (Å²) in [6, 6.07) is 6.49. The van der Waals surface area contributed by atoms with Crippen LogP contribution < -0.4 is 10.6 Å². The van der Waals surface area contributed by atoms with E-state index in [2.05, 4.69) is 10.6 Å². The summed E-state index contributed by atoms with van der Waals surface area (Å²) < 4.78 is 93.7. The van der Waals surface area contributed by atoms with Gasteiger partial charge < -0.3 is 10.6 Å². The van der Waals surface area contributed by atoms with Crippen LogP contribution in [0.15, 0.2) is 54.6 Å². The maximum absolute atomic E-state index is 13.9. The first-order chi connectivity index (χ1) is 16.0. The molecular formula is C23H13F7N2O2. The second kappa shape index (κ2) is 8.47. The zero-order chi connectivity index (χ0) is 24.8. The van der Waals surface area contributed by atoms with Crippen LogP contribution in [-0.4, -0.2) is 11.8 Å². The Labute approximate surface area is 187 Å². The molecular weight excluding hydrogens is 469 g/mol. The van der Waals surface area contributed by atoms with Crippen molar-refractivity contribution in [3.05, 3.63) is 99.6 Å². The van der Waals surface area contributed by atoms with Crippen molar-refractivity contribution in [2.75, 3.05) is 5.32 Å². The lowest BCUT2D eigenvalue weighted by Gasteiger charge is -2.19. The molecule has 0 fully saturated rings. The highest BCUT2D eigenvalue weighted by molar-refractivity contribution is 6.07. The van der Waals surface area contributed by atoms with Gasteiger partial charge in [-0.05, 0) is 48.0 Å². The summed E-state index contributed by atoms with van der Waals surface area (Å²) in [5, 5.41) is 4.75. The van der Waals surface area contributed by atoms with Gasteiger partial charge in [-0.3, -0.25) is 9.59 Å². The quantitative estimate of drug-likeness (QED) is 0.448. The first-order valence-electron chi connectivity index (χ1n) is 9.66. The highest BCUT2D eigenvalue weighted by Crippen LogP contribution is 2.40. The van der Waals surface area contributed by atoms with Crippen LogP contribution in [-0.2, 0) is 6.18 Å². The van der Waals surface area contributed by atoms with E-state index < -0.39 is 58.8 Å². The van der Waals surface area contributed by atoms with E-state index in [4.69, 9.17) is 0 Å². The molecule has 4 rings (SSSR count). The fraction of sp³-hybridized carbons (Fsp3) is 0.130. The van der Waals surface area contributed by atoms with Crippen molar-refractivity contribution >= 4 is 17.5 Å². The summed E-state index contributed by atoms with van der Waals surface area (Å²) in [5.41, 5.74) is -2.95.